The van der Waals surface area contributed by atoms with Crippen molar-refractivity contribution in [3.8, 4) is 0 Å². The van der Waals surface area contributed by atoms with Crippen LogP contribution in [0.2, 0.25) is 0 Å². The summed E-state index contributed by atoms with van der Waals surface area (Å²) in [5.74, 6) is 1.13. The van der Waals surface area contributed by atoms with Crippen LogP contribution in [-0.2, 0) is 4.79 Å². The van der Waals surface area contributed by atoms with Crippen LogP contribution < -0.4 is 15.5 Å². The number of hydrogen-bond acceptors (Lipinski definition) is 4. The number of carbonyl (C=O) groups is 1. The van der Waals surface area contributed by atoms with Gasteiger partial charge in [0, 0.05) is 26.2 Å². The average molecular weight is 248 g/mol. The van der Waals surface area contributed by atoms with Crippen molar-refractivity contribution < 1.29 is 4.79 Å². The lowest BCUT2D eigenvalue weighted by Gasteiger charge is -2.25. The number of pyridine rings is 1. The van der Waals surface area contributed by atoms with E-state index in [1.165, 1.54) is 0 Å². The smallest absolute Gasteiger partial charge is 0.230 e. The highest BCUT2D eigenvalue weighted by atomic mass is 16.2. The van der Waals surface area contributed by atoms with Crippen molar-refractivity contribution in [3.05, 3.63) is 18.3 Å². The van der Waals surface area contributed by atoms with E-state index in [-0.39, 0.29) is 11.8 Å². The van der Waals surface area contributed by atoms with Gasteiger partial charge in [-0.05, 0) is 26.0 Å². The van der Waals surface area contributed by atoms with Crippen LogP contribution in [0, 0.1) is 5.92 Å². The summed E-state index contributed by atoms with van der Waals surface area (Å²) in [7, 11) is 0. The molecule has 1 aromatic heterocycles. The molecule has 5 heteroatoms. The summed E-state index contributed by atoms with van der Waals surface area (Å²) in [5.41, 5.74) is 0.766. The molecule has 2 N–H and O–H groups in total. The SMILES string of the molecule is CCN(CC)c1ccc(NC(=O)C2CNC2)cn1. The number of carbonyl (C=O) groups excluding carboxylic acids is 1. The third kappa shape index (κ3) is 2.79. The third-order valence-electron chi connectivity index (χ3n) is 3.26. The summed E-state index contributed by atoms with van der Waals surface area (Å²) in [4.78, 5) is 18.3. The van der Waals surface area contributed by atoms with Gasteiger partial charge in [0.2, 0.25) is 5.91 Å². The first-order valence-electron chi connectivity index (χ1n) is 6.47. The number of nitrogens with zero attached hydrogens (tertiary/aromatic N) is 2. The van der Waals surface area contributed by atoms with Crippen molar-refractivity contribution in [2.75, 3.05) is 36.4 Å². The van der Waals surface area contributed by atoms with Crippen LogP contribution in [0.1, 0.15) is 13.8 Å². The van der Waals surface area contributed by atoms with Gasteiger partial charge in [-0.15, -0.1) is 0 Å². The average Bonchev–Trinajstić information content (AvgIpc) is 2.30. The van der Waals surface area contributed by atoms with E-state index in [4.69, 9.17) is 0 Å². The lowest BCUT2D eigenvalue weighted by atomic mass is 10.0. The molecule has 1 amide bonds. The van der Waals surface area contributed by atoms with Crippen LogP contribution in [0.4, 0.5) is 11.5 Å². The van der Waals surface area contributed by atoms with E-state index in [1.54, 1.807) is 6.20 Å². The number of amides is 1. The zero-order chi connectivity index (χ0) is 13.0. The largest absolute Gasteiger partial charge is 0.357 e. The molecular formula is C13H20N4O. The van der Waals surface area contributed by atoms with Crippen LogP contribution in [0.3, 0.4) is 0 Å². The van der Waals surface area contributed by atoms with Crippen LogP contribution in [0.15, 0.2) is 18.3 Å². The molecule has 0 atom stereocenters. The molecule has 18 heavy (non-hydrogen) atoms. The van der Waals surface area contributed by atoms with Crippen LogP contribution in [0.25, 0.3) is 0 Å². The number of aromatic nitrogens is 1. The normalized spacial score (nSPS) is 15.0. The lowest BCUT2D eigenvalue weighted by Crippen LogP contribution is -2.48. The Bertz CT molecular complexity index is 396. The van der Waals surface area contributed by atoms with E-state index in [9.17, 15) is 4.79 Å². The van der Waals surface area contributed by atoms with Crippen molar-refractivity contribution in [3.63, 3.8) is 0 Å². The Morgan fingerprint density at radius 3 is 2.61 bits per heavy atom. The van der Waals surface area contributed by atoms with Crippen LogP contribution >= 0.6 is 0 Å². The summed E-state index contributed by atoms with van der Waals surface area (Å²) in [5, 5.41) is 5.97. The summed E-state index contributed by atoms with van der Waals surface area (Å²) in [6, 6.07) is 3.85. The Balaban J connectivity index is 1.96. The maximum absolute atomic E-state index is 11.7. The quantitative estimate of drug-likeness (QED) is 0.819. The Morgan fingerprint density at radius 1 is 1.44 bits per heavy atom. The molecule has 5 nitrogen and oxygen atoms in total. The third-order valence-corrected chi connectivity index (χ3v) is 3.26. The topological polar surface area (TPSA) is 57.3 Å². The molecule has 0 bridgehead atoms. The van der Waals surface area contributed by atoms with Crippen molar-refractivity contribution in [1.82, 2.24) is 10.3 Å². The Kier molecular flexibility index (Phi) is 4.15. The molecule has 0 aliphatic carbocycles. The molecule has 1 aromatic rings. The van der Waals surface area contributed by atoms with Gasteiger partial charge in [-0.25, -0.2) is 4.98 Å². The van der Waals surface area contributed by atoms with Crippen LogP contribution in [0.5, 0.6) is 0 Å². The fraction of sp³-hybridized carbons (Fsp3) is 0.538. The molecule has 1 fully saturated rings. The molecule has 1 saturated heterocycles. The first-order valence-corrected chi connectivity index (χ1v) is 6.47. The number of hydrogen-bond donors (Lipinski definition) is 2. The predicted molar refractivity (Wildman–Crippen MR) is 72.8 cm³/mol. The molecule has 0 aromatic carbocycles. The van der Waals surface area contributed by atoms with Crippen molar-refractivity contribution in [1.29, 1.82) is 0 Å². The molecule has 0 radical (unpaired) electrons. The maximum Gasteiger partial charge on any atom is 0.230 e. The van der Waals surface area contributed by atoms with E-state index >= 15 is 0 Å². The molecule has 1 aliphatic heterocycles. The lowest BCUT2D eigenvalue weighted by molar-refractivity contribution is -0.121. The van der Waals surface area contributed by atoms with E-state index in [2.05, 4.69) is 34.4 Å². The first kappa shape index (κ1) is 12.8. The zero-order valence-corrected chi connectivity index (χ0v) is 10.9. The molecular weight excluding hydrogens is 228 g/mol. The second kappa shape index (κ2) is 5.82. The van der Waals surface area contributed by atoms with Gasteiger partial charge < -0.3 is 15.5 Å². The molecule has 0 unspecified atom stereocenters. The summed E-state index contributed by atoms with van der Waals surface area (Å²) < 4.78 is 0. The van der Waals surface area contributed by atoms with Crippen molar-refractivity contribution >= 4 is 17.4 Å². The highest BCUT2D eigenvalue weighted by molar-refractivity contribution is 5.93. The number of rotatable bonds is 5. The summed E-state index contributed by atoms with van der Waals surface area (Å²) in [6.07, 6.45) is 1.72. The van der Waals surface area contributed by atoms with Crippen molar-refractivity contribution in [2.45, 2.75) is 13.8 Å². The van der Waals surface area contributed by atoms with Gasteiger partial charge in [-0.1, -0.05) is 0 Å². The van der Waals surface area contributed by atoms with E-state index in [0.29, 0.717) is 0 Å². The second-order valence-corrected chi connectivity index (χ2v) is 4.42. The summed E-state index contributed by atoms with van der Waals surface area (Å²) >= 11 is 0. The van der Waals surface area contributed by atoms with Crippen molar-refractivity contribution in [2.24, 2.45) is 5.92 Å². The summed E-state index contributed by atoms with van der Waals surface area (Å²) in [6.45, 7) is 7.62. The maximum atomic E-state index is 11.7. The molecule has 2 heterocycles. The van der Waals surface area contributed by atoms with Gasteiger partial charge in [0.1, 0.15) is 5.82 Å². The number of anilines is 2. The van der Waals surface area contributed by atoms with Gasteiger partial charge in [-0.2, -0.15) is 0 Å². The van der Waals surface area contributed by atoms with Crippen LogP contribution in [-0.4, -0.2) is 37.1 Å². The predicted octanol–water partition coefficient (Wildman–Crippen LogP) is 1.09. The van der Waals surface area contributed by atoms with E-state index in [0.717, 1.165) is 37.7 Å². The fourth-order valence-electron chi connectivity index (χ4n) is 1.91. The fourth-order valence-corrected chi connectivity index (χ4v) is 1.91. The van der Waals surface area contributed by atoms with E-state index < -0.39 is 0 Å². The minimum absolute atomic E-state index is 0.0751. The highest BCUT2D eigenvalue weighted by Gasteiger charge is 2.24. The minimum Gasteiger partial charge on any atom is -0.357 e. The second-order valence-electron chi connectivity index (χ2n) is 4.42. The Morgan fingerprint density at radius 2 is 2.17 bits per heavy atom. The van der Waals surface area contributed by atoms with Gasteiger partial charge in [0.15, 0.2) is 0 Å². The zero-order valence-electron chi connectivity index (χ0n) is 10.9. The van der Waals surface area contributed by atoms with Gasteiger partial charge >= 0.3 is 0 Å². The first-order chi connectivity index (χ1) is 8.74. The Hall–Kier alpha value is -1.62. The molecule has 2 rings (SSSR count). The van der Waals surface area contributed by atoms with E-state index in [1.807, 2.05) is 12.1 Å². The molecule has 0 saturated carbocycles. The molecule has 0 spiro atoms. The molecule has 1 aliphatic rings. The van der Waals surface area contributed by atoms with Gasteiger partial charge in [0.05, 0.1) is 17.8 Å². The molecule has 98 valence electrons. The van der Waals surface area contributed by atoms with Gasteiger partial charge in [0.25, 0.3) is 0 Å². The number of nitrogens with one attached hydrogen (secondary N) is 2. The monoisotopic (exact) mass is 248 g/mol. The van der Waals surface area contributed by atoms with Gasteiger partial charge in [-0.3, -0.25) is 4.79 Å². The minimum atomic E-state index is 0.0751. The Labute approximate surface area is 108 Å². The standard InChI is InChI=1S/C13H20N4O/c1-3-17(4-2)12-6-5-11(9-15-12)16-13(18)10-7-14-8-10/h5-6,9-10,14H,3-4,7-8H2,1-2H3,(H,16,18). The highest BCUT2D eigenvalue weighted by Crippen LogP contribution is 2.15.